The molecule has 2 rings (SSSR count). The summed E-state index contributed by atoms with van der Waals surface area (Å²) < 4.78 is 0.633. The lowest BCUT2D eigenvalue weighted by Gasteiger charge is -2.43. The molecule has 2 aliphatic rings. The zero-order valence-electron chi connectivity index (χ0n) is 8.71. The summed E-state index contributed by atoms with van der Waals surface area (Å²) in [6.07, 6.45) is 1.04. The molecule has 2 aliphatic heterocycles. The average Bonchev–Trinajstić information content (AvgIpc) is 2.51. The number of β-lactam (4-membered cyclic amide) rings is 1. The molecule has 0 bridgehead atoms. The third-order valence-corrected chi connectivity index (χ3v) is 5.16. The van der Waals surface area contributed by atoms with Crippen molar-refractivity contribution in [2.24, 2.45) is 5.92 Å². The van der Waals surface area contributed by atoms with Gasteiger partial charge in [-0.25, -0.2) is 4.79 Å². The van der Waals surface area contributed by atoms with Crippen LogP contribution in [0, 0.1) is 5.92 Å². The number of thioether (sulfide) groups is 2. The van der Waals surface area contributed by atoms with E-state index in [4.69, 9.17) is 5.11 Å². The van der Waals surface area contributed by atoms with Crippen LogP contribution in [0.5, 0.6) is 0 Å². The maximum absolute atomic E-state index is 11.7. The number of nitrogens with zero attached hydrogens (tertiary/aromatic N) is 1. The number of rotatable bonds is 3. The van der Waals surface area contributed by atoms with Gasteiger partial charge in [-0.3, -0.25) is 9.69 Å². The Morgan fingerprint density at radius 1 is 1.62 bits per heavy atom. The maximum Gasteiger partial charge on any atom is 0.354 e. The maximum atomic E-state index is 11.7. The van der Waals surface area contributed by atoms with Gasteiger partial charge in [-0.15, -0.1) is 11.8 Å². The molecule has 3 atom stereocenters. The number of hydrogen-bond donors (Lipinski definition) is 2. The van der Waals surface area contributed by atoms with Gasteiger partial charge in [0.2, 0.25) is 5.91 Å². The number of carbonyl (C=O) groups excluding carboxylic acids is 1. The highest BCUT2D eigenvalue weighted by Gasteiger charge is 2.57. The zero-order chi connectivity index (χ0) is 12.0. The van der Waals surface area contributed by atoms with Crippen LogP contribution in [-0.2, 0) is 9.59 Å². The van der Waals surface area contributed by atoms with Crippen molar-refractivity contribution in [2.75, 3.05) is 6.26 Å². The van der Waals surface area contributed by atoms with E-state index >= 15 is 0 Å². The van der Waals surface area contributed by atoms with Crippen molar-refractivity contribution in [3.8, 4) is 0 Å². The van der Waals surface area contributed by atoms with Crippen LogP contribution in [0.3, 0.4) is 0 Å². The predicted molar refractivity (Wildman–Crippen MR) is 61.6 cm³/mol. The molecule has 0 spiro atoms. The number of amides is 1. The number of carboxylic acid groups (broad SMARTS) is 1. The van der Waals surface area contributed by atoms with Crippen LogP contribution in [-0.4, -0.2) is 44.7 Å². The second-order valence-electron chi connectivity index (χ2n) is 3.63. The molecular weight excluding hydrogens is 250 g/mol. The lowest BCUT2D eigenvalue weighted by molar-refractivity contribution is -0.156. The van der Waals surface area contributed by atoms with E-state index in [1.807, 2.05) is 0 Å². The Morgan fingerprint density at radius 2 is 2.25 bits per heavy atom. The standard InChI is InChI=1S/C9H11NO4S2/c1-3(11)4-6(12)10-5(8(13)14)9(15-2)16-7(4)10/h3-4,7,11H,1-2H3,(H,13,14)/t3?,4?,7-/m1/s1. The average molecular weight is 261 g/mol. The highest BCUT2D eigenvalue weighted by molar-refractivity contribution is 8.22. The Balaban J connectivity index is 2.29. The summed E-state index contributed by atoms with van der Waals surface area (Å²) in [5.74, 6) is -1.87. The molecule has 2 heterocycles. The van der Waals surface area contributed by atoms with Crippen molar-refractivity contribution < 1.29 is 19.8 Å². The van der Waals surface area contributed by atoms with Crippen LogP contribution in [0.2, 0.25) is 0 Å². The molecule has 0 radical (unpaired) electrons. The minimum atomic E-state index is -1.09. The molecule has 0 saturated carbocycles. The van der Waals surface area contributed by atoms with Crippen molar-refractivity contribution in [3.63, 3.8) is 0 Å². The first-order valence-electron chi connectivity index (χ1n) is 4.68. The van der Waals surface area contributed by atoms with E-state index in [0.717, 1.165) is 0 Å². The first-order chi connectivity index (χ1) is 7.49. The molecule has 0 aliphatic carbocycles. The molecule has 2 unspecified atom stereocenters. The van der Waals surface area contributed by atoms with Gasteiger partial charge in [0.1, 0.15) is 5.37 Å². The van der Waals surface area contributed by atoms with Gasteiger partial charge in [0.15, 0.2) is 5.70 Å². The third-order valence-electron chi connectivity index (χ3n) is 2.65. The monoisotopic (exact) mass is 261 g/mol. The van der Waals surface area contributed by atoms with E-state index in [2.05, 4.69) is 0 Å². The molecule has 7 heteroatoms. The second kappa shape index (κ2) is 3.97. The van der Waals surface area contributed by atoms with Crippen molar-refractivity contribution >= 4 is 35.4 Å². The number of carbonyl (C=O) groups is 2. The molecule has 88 valence electrons. The van der Waals surface area contributed by atoms with Crippen LogP contribution < -0.4 is 0 Å². The highest BCUT2D eigenvalue weighted by atomic mass is 32.2. The predicted octanol–water partition coefficient (Wildman–Crippen LogP) is 0.515. The summed E-state index contributed by atoms with van der Waals surface area (Å²) in [5, 5.41) is 18.2. The molecule has 0 aromatic heterocycles. The first-order valence-corrected chi connectivity index (χ1v) is 6.78. The molecule has 1 saturated heterocycles. The molecule has 0 aromatic carbocycles. The van der Waals surface area contributed by atoms with Crippen molar-refractivity contribution in [1.82, 2.24) is 4.90 Å². The van der Waals surface area contributed by atoms with Gasteiger partial charge in [-0.2, -0.15) is 0 Å². The van der Waals surface area contributed by atoms with Gasteiger partial charge in [-0.05, 0) is 13.2 Å². The number of aliphatic hydroxyl groups excluding tert-OH is 1. The number of aliphatic carboxylic acids is 1. The zero-order valence-corrected chi connectivity index (χ0v) is 10.3. The molecule has 0 aromatic rings. The fourth-order valence-corrected chi connectivity index (χ4v) is 4.27. The first kappa shape index (κ1) is 11.8. The SMILES string of the molecule is CSC1=C(C(=O)O)N2C(=O)C(C(C)O)[C@H]2S1. The van der Waals surface area contributed by atoms with Crippen molar-refractivity contribution in [3.05, 3.63) is 9.93 Å². The second-order valence-corrected chi connectivity index (χ2v) is 5.83. The van der Waals surface area contributed by atoms with E-state index in [-0.39, 0.29) is 17.0 Å². The number of carboxylic acids is 1. The minimum Gasteiger partial charge on any atom is -0.477 e. The molecular formula is C9H11NO4S2. The minimum absolute atomic E-state index is 0.0596. The summed E-state index contributed by atoms with van der Waals surface area (Å²) >= 11 is 2.66. The van der Waals surface area contributed by atoms with Crippen LogP contribution in [0.25, 0.3) is 0 Å². The Hall–Kier alpha value is -0.660. The van der Waals surface area contributed by atoms with E-state index in [0.29, 0.717) is 4.24 Å². The topological polar surface area (TPSA) is 77.8 Å². The Bertz CT molecular complexity index is 393. The number of hydrogen-bond acceptors (Lipinski definition) is 5. The fraction of sp³-hybridized carbons (Fsp3) is 0.556. The summed E-state index contributed by atoms with van der Waals surface area (Å²) in [7, 11) is 0. The summed E-state index contributed by atoms with van der Waals surface area (Å²) in [5.41, 5.74) is 0.0596. The lowest BCUT2D eigenvalue weighted by atomic mass is 9.92. The highest BCUT2D eigenvalue weighted by Crippen LogP contribution is 2.53. The normalized spacial score (nSPS) is 30.2. The van der Waals surface area contributed by atoms with Crippen LogP contribution in [0.1, 0.15) is 6.92 Å². The quantitative estimate of drug-likeness (QED) is 0.721. The third kappa shape index (κ3) is 1.46. The van der Waals surface area contributed by atoms with Gasteiger partial charge in [-0.1, -0.05) is 11.8 Å². The molecule has 1 amide bonds. The summed E-state index contributed by atoms with van der Waals surface area (Å²) in [6.45, 7) is 1.55. The molecule has 2 N–H and O–H groups in total. The van der Waals surface area contributed by atoms with Gasteiger partial charge in [0, 0.05) is 0 Å². The van der Waals surface area contributed by atoms with E-state index < -0.39 is 18.0 Å². The van der Waals surface area contributed by atoms with Gasteiger partial charge >= 0.3 is 5.97 Å². The van der Waals surface area contributed by atoms with E-state index in [1.165, 1.54) is 28.4 Å². The number of fused-ring (bicyclic) bond motifs is 1. The van der Waals surface area contributed by atoms with E-state index in [9.17, 15) is 14.7 Å². The van der Waals surface area contributed by atoms with E-state index in [1.54, 1.807) is 13.2 Å². The Kier molecular flexibility index (Phi) is 2.93. The van der Waals surface area contributed by atoms with Gasteiger partial charge < -0.3 is 10.2 Å². The van der Waals surface area contributed by atoms with Crippen LogP contribution >= 0.6 is 23.5 Å². The molecule has 16 heavy (non-hydrogen) atoms. The number of aliphatic hydroxyl groups is 1. The largest absolute Gasteiger partial charge is 0.477 e. The van der Waals surface area contributed by atoms with Crippen molar-refractivity contribution in [1.29, 1.82) is 0 Å². The fourth-order valence-electron chi connectivity index (χ4n) is 1.89. The lowest BCUT2D eigenvalue weighted by Crippen LogP contribution is -2.60. The van der Waals surface area contributed by atoms with Crippen LogP contribution in [0.4, 0.5) is 0 Å². The van der Waals surface area contributed by atoms with Gasteiger partial charge in [0.05, 0.1) is 16.3 Å². The van der Waals surface area contributed by atoms with Gasteiger partial charge in [0.25, 0.3) is 0 Å². The van der Waals surface area contributed by atoms with Crippen LogP contribution in [0.15, 0.2) is 9.93 Å². The van der Waals surface area contributed by atoms with Crippen molar-refractivity contribution in [2.45, 2.75) is 18.4 Å². The summed E-state index contributed by atoms with van der Waals surface area (Å²) in [6, 6.07) is 0. The smallest absolute Gasteiger partial charge is 0.354 e. The Morgan fingerprint density at radius 3 is 2.69 bits per heavy atom. The Labute approximate surface area is 101 Å². The molecule has 1 fully saturated rings. The summed E-state index contributed by atoms with van der Waals surface area (Å²) in [4.78, 5) is 24.0. The molecule has 5 nitrogen and oxygen atoms in total.